The lowest BCUT2D eigenvalue weighted by molar-refractivity contribution is 0.280. The van der Waals surface area contributed by atoms with Gasteiger partial charge >= 0.3 is 0 Å². The molecule has 3 nitrogen and oxygen atoms in total. The largest absolute Gasteiger partial charge is 0.481 e. The zero-order valence-electron chi connectivity index (χ0n) is 10.6. The van der Waals surface area contributed by atoms with Crippen molar-refractivity contribution in [3.63, 3.8) is 0 Å². The quantitative estimate of drug-likeness (QED) is 0.395. The van der Waals surface area contributed by atoms with Gasteiger partial charge in [-0.1, -0.05) is 20.8 Å². The summed E-state index contributed by atoms with van der Waals surface area (Å²) in [6, 6.07) is 0. The predicted octanol–water partition coefficient (Wildman–Crippen LogP) is 3.83. The molecule has 16 heavy (non-hydrogen) atoms. The van der Waals surface area contributed by atoms with Gasteiger partial charge in [0.15, 0.2) is 0 Å². The predicted molar refractivity (Wildman–Crippen MR) is 79.7 cm³/mol. The van der Waals surface area contributed by atoms with Crippen LogP contribution in [0.3, 0.4) is 0 Å². The molecule has 0 aromatic carbocycles. The van der Waals surface area contributed by atoms with E-state index in [0.29, 0.717) is 18.3 Å². The van der Waals surface area contributed by atoms with Gasteiger partial charge in [-0.25, -0.2) is 4.99 Å². The lowest BCUT2D eigenvalue weighted by Gasteiger charge is -2.11. The molecule has 0 aliphatic carbocycles. The highest BCUT2D eigenvalue weighted by Gasteiger charge is 2.09. The van der Waals surface area contributed by atoms with E-state index in [2.05, 4.69) is 60.1 Å². The number of aliphatic imine (C=N–C) groups is 2. The van der Waals surface area contributed by atoms with Crippen LogP contribution < -0.4 is 0 Å². The van der Waals surface area contributed by atoms with Gasteiger partial charge in [-0.2, -0.15) is 0 Å². The Morgan fingerprint density at radius 1 is 1.44 bits per heavy atom. The van der Waals surface area contributed by atoms with Gasteiger partial charge in [0.25, 0.3) is 0 Å². The fourth-order valence-corrected chi connectivity index (χ4v) is 1.52. The molecule has 92 valence electrons. The van der Waals surface area contributed by atoms with Crippen molar-refractivity contribution in [3.8, 4) is 0 Å². The Balaban J connectivity index is 5.05. The summed E-state index contributed by atoms with van der Waals surface area (Å²) in [6.07, 6.45) is 1.86. The summed E-state index contributed by atoms with van der Waals surface area (Å²) in [4.78, 5) is 8.39. The maximum Gasteiger partial charge on any atom is 0.214 e. The van der Waals surface area contributed by atoms with E-state index in [1.807, 2.05) is 0 Å². The van der Waals surface area contributed by atoms with Crippen LogP contribution in [0.1, 0.15) is 33.6 Å². The van der Waals surface area contributed by atoms with Crippen LogP contribution in [0.4, 0.5) is 0 Å². The molecular weight excluding hydrogens is 315 g/mol. The van der Waals surface area contributed by atoms with Gasteiger partial charge in [0.2, 0.25) is 5.88 Å². The van der Waals surface area contributed by atoms with Gasteiger partial charge in [-0.05, 0) is 48.1 Å². The Hall–Kier alpha value is -0.390. The number of rotatable bonds is 7. The topological polar surface area (TPSA) is 34.0 Å². The van der Waals surface area contributed by atoms with Gasteiger partial charge in [-0.3, -0.25) is 4.99 Å². The molecule has 0 saturated heterocycles. The molecule has 0 fully saturated rings. The summed E-state index contributed by atoms with van der Waals surface area (Å²) in [5.41, 5.74) is 1.12. The zero-order valence-corrected chi connectivity index (χ0v) is 12.7. The van der Waals surface area contributed by atoms with Crippen LogP contribution in [0.5, 0.6) is 0 Å². The van der Waals surface area contributed by atoms with Crippen molar-refractivity contribution in [1.29, 1.82) is 0 Å². The molecule has 0 heterocycles. The van der Waals surface area contributed by atoms with E-state index in [-0.39, 0.29) is 0 Å². The van der Waals surface area contributed by atoms with Crippen LogP contribution in [-0.2, 0) is 4.74 Å². The normalized spacial score (nSPS) is 13.8. The van der Waals surface area contributed by atoms with Crippen molar-refractivity contribution >= 4 is 33.0 Å². The van der Waals surface area contributed by atoms with Gasteiger partial charge in [-0.15, -0.1) is 0 Å². The molecule has 0 aliphatic rings. The molecule has 0 rings (SSSR count). The molecule has 0 saturated carbocycles. The van der Waals surface area contributed by atoms with E-state index in [1.54, 1.807) is 7.11 Å². The molecular formula is C12H21IN2O. The lowest BCUT2D eigenvalue weighted by atomic mass is 10.0. The maximum absolute atomic E-state index is 5.34. The zero-order chi connectivity index (χ0) is 12.6. The third-order valence-electron chi connectivity index (χ3n) is 1.97. The minimum absolute atomic E-state index is 0.566. The highest BCUT2D eigenvalue weighted by atomic mass is 127. The van der Waals surface area contributed by atoms with Crippen LogP contribution in [0.25, 0.3) is 0 Å². The Morgan fingerprint density at radius 3 is 2.44 bits per heavy atom. The minimum Gasteiger partial charge on any atom is -0.481 e. The van der Waals surface area contributed by atoms with E-state index < -0.39 is 0 Å². The smallest absolute Gasteiger partial charge is 0.214 e. The van der Waals surface area contributed by atoms with Crippen molar-refractivity contribution < 1.29 is 4.74 Å². The standard InChI is InChI=1S/C12H21IN2O/c1-6-11(13)15-12(16-5)10(8-14-4)7-9(2)3/h9H,4,6-8H2,1-3,5H3/b12-10-,15-11?. The molecule has 0 spiro atoms. The Bertz CT molecular complexity index is 283. The number of ether oxygens (including phenoxy) is 1. The summed E-state index contributed by atoms with van der Waals surface area (Å²) >= 11 is 2.23. The summed E-state index contributed by atoms with van der Waals surface area (Å²) in [6.45, 7) is 10.5. The molecule has 0 bridgehead atoms. The summed E-state index contributed by atoms with van der Waals surface area (Å²) in [5, 5.41) is 0. The Kier molecular flexibility index (Phi) is 8.51. The molecule has 0 aromatic rings. The van der Waals surface area contributed by atoms with Crippen LogP contribution in [0.15, 0.2) is 21.4 Å². The van der Waals surface area contributed by atoms with E-state index in [1.165, 1.54) is 0 Å². The fourth-order valence-electron chi connectivity index (χ4n) is 1.31. The third kappa shape index (κ3) is 6.25. The number of halogens is 1. The molecule has 0 N–H and O–H groups in total. The lowest BCUT2D eigenvalue weighted by Crippen LogP contribution is -2.02. The molecule has 4 heteroatoms. The molecule has 0 aliphatic heterocycles. The number of hydrogen-bond donors (Lipinski definition) is 0. The SMILES string of the molecule is C=NC/C(CC(C)C)=C(/N=C(I)CC)OC. The van der Waals surface area contributed by atoms with Crippen molar-refractivity contribution in [2.45, 2.75) is 33.6 Å². The molecule has 0 aromatic heterocycles. The summed E-state index contributed by atoms with van der Waals surface area (Å²) in [7, 11) is 1.65. The van der Waals surface area contributed by atoms with Gasteiger partial charge in [0.05, 0.1) is 17.4 Å². The highest BCUT2D eigenvalue weighted by Crippen LogP contribution is 2.18. The maximum atomic E-state index is 5.34. The van der Waals surface area contributed by atoms with Crippen molar-refractivity contribution in [2.75, 3.05) is 13.7 Å². The highest BCUT2D eigenvalue weighted by molar-refractivity contribution is 14.1. The second-order valence-electron chi connectivity index (χ2n) is 3.93. The van der Waals surface area contributed by atoms with E-state index in [9.17, 15) is 0 Å². The minimum atomic E-state index is 0.566. The number of methoxy groups -OCH3 is 1. The molecule has 0 radical (unpaired) electrons. The average Bonchev–Trinajstić information content (AvgIpc) is 2.24. The average molecular weight is 336 g/mol. The second-order valence-corrected chi connectivity index (χ2v) is 5.18. The first-order chi connectivity index (χ1) is 7.54. The summed E-state index contributed by atoms with van der Waals surface area (Å²) in [5.74, 6) is 1.27. The van der Waals surface area contributed by atoms with Gasteiger partial charge < -0.3 is 4.74 Å². The van der Waals surface area contributed by atoms with Crippen LogP contribution in [0, 0.1) is 5.92 Å². The monoisotopic (exact) mass is 336 g/mol. The number of hydrogen-bond acceptors (Lipinski definition) is 3. The fraction of sp³-hybridized carbons (Fsp3) is 0.667. The van der Waals surface area contributed by atoms with E-state index >= 15 is 0 Å². The van der Waals surface area contributed by atoms with E-state index in [0.717, 1.165) is 22.1 Å². The third-order valence-corrected chi connectivity index (χ3v) is 2.97. The second kappa shape index (κ2) is 8.73. The van der Waals surface area contributed by atoms with E-state index in [4.69, 9.17) is 4.74 Å². The van der Waals surface area contributed by atoms with Crippen molar-refractivity contribution in [3.05, 3.63) is 11.5 Å². The molecule has 0 atom stereocenters. The first kappa shape index (κ1) is 15.6. The van der Waals surface area contributed by atoms with Gasteiger partial charge in [0, 0.05) is 5.57 Å². The van der Waals surface area contributed by atoms with Crippen LogP contribution in [-0.4, -0.2) is 24.1 Å². The Labute approximate surface area is 112 Å². The van der Waals surface area contributed by atoms with Gasteiger partial charge in [0.1, 0.15) is 0 Å². The van der Waals surface area contributed by atoms with Crippen molar-refractivity contribution in [2.24, 2.45) is 15.9 Å². The Morgan fingerprint density at radius 2 is 2.06 bits per heavy atom. The first-order valence-corrected chi connectivity index (χ1v) is 6.54. The number of nitrogens with zero attached hydrogens (tertiary/aromatic N) is 2. The van der Waals surface area contributed by atoms with Crippen molar-refractivity contribution in [1.82, 2.24) is 0 Å². The first-order valence-electron chi connectivity index (χ1n) is 5.46. The van der Waals surface area contributed by atoms with Crippen LogP contribution >= 0.6 is 22.6 Å². The van der Waals surface area contributed by atoms with Crippen LogP contribution in [0.2, 0.25) is 0 Å². The molecule has 0 unspecified atom stereocenters. The summed E-state index contributed by atoms with van der Waals surface area (Å²) < 4.78 is 6.38. The molecule has 0 amide bonds.